The highest BCUT2D eigenvalue weighted by molar-refractivity contribution is 7.18. The molecule has 0 bridgehead atoms. The van der Waals surface area contributed by atoms with Crippen LogP contribution in [0.4, 0.5) is 82.6 Å². The lowest BCUT2D eigenvalue weighted by molar-refractivity contribution is -0.137. The third-order valence-electron chi connectivity index (χ3n) is 13.1. The number of anilines is 12. The monoisotopic (exact) mass is 1220 g/mol. The standard InChI is InChI=1S/C21H18N6OS.C20H13F3N6S.C19H15N7OS/c1-2-28-16-6-3-14(4-7-16)24-21-25-18-9-10-29-19(18)20(26-21)23-15-5-8-17-13(11-15)12-22-27-17;21-20(22,23)12-2-1-3-13(9-12)26-19-27-16-6-7-30-17(16)18(28-19)25-14-4-5-15-11(8-14)10-24-29-15;1-27-16-5-3-13(10-20-16)23-19-24-15-6-7-28-17(15)18(25-19)22-12-2-4-14-11(8-12)9-21-26-14/h3-12H,2H2,1H3,(H,22,27)(H2,23,24,25,26);1-10H,(H,24,29)(H2,25,26,27,28);2-10H,1H3,(H,21,26)(H2,22,23,24,25). The summed E-state index contributed by atoms with van der Waals surface area (Å²) >= 11 is 4.68. The van der Waals surface area contributed by atoms with Gasteiger partial charge in [-0.15, -0.1) is 34.0 Å². The molecule has 0 saturated carbocycles. The van der Waals surface area contributed by atoms with Crippen molar-refractivity contribution in [3.05, 3.63) is 180 Å². The lowest BCUT2D eigenvalue weighted by Crippen LogP contribution is -2.06. The van der Waals surface area contributed by atoms with Gasteiger partial charge in [-0.3, -0.25) is 15.3 Å². The molecule has 0 saturated heterocycles. The van der Waals surface area contributed by atoms with E-state index in [2.05, 4.69) is 92.4 Å². The van der Waals surface area contributed by atoms with Crippen molar-refractivity contribution in [2.45, 2.75) is 13.1 Å². The number of alkyl halides is 3. The zero-order valence-corrected chi connectivity index (χ0v) is 48.0. The number of H-pyrrole nitrogens is 3. The van der Waals surface area contributed by atoms with E-state index in [1.165, 1.54) is 23.5 Å². The fourth-order valence-electron chi connectivity index (χ4n) is 9.02. The summed E-state index contributed by atoms with van der Waals surface area (Å²) in [6.07, 6.45) is 2.58. The molecule has 10 aromatic heterocycles. The molecule has 0 spiro atoms. The maximum absolute atomic E-state index is 13.0. The smallest absolute Gasteiger partial charge is 0.416 e. The largest absolute Gasteiger partial charge is 0.494 e. The van der Waals surface area contributed by atoms with Crippen molar-refractivity contribution in [3.8, 4) is 11.6 Å². The van der Waals surface area contributed by atoms with E-state index in [-0.39, 0.29) is 11.6 Å². The van der Waals surface area contributed by atoms with Crippen molar-refractivity contribution in [2.75, 3.05) is 45.6 Å². The molecule has 15 aromatic rings. The number of nitrogens with one attached hydrogen (secondary N) is 9. The summed E-state index contributed by atoms with van der Waals surface area (Å²) in [4.78, 5) is 31.7. The topological polar surface area (TPSA) is 267 Å². The SMILES string of the molecule is CCOc1ccc(Nc2nc(Nc3ccc4[nH]ncc4c3)c3sccc3n2)cc1.COc1ccc(Nc2nc(Nc3ccc4[nH]ncc4c3)c3sccc3n2)cn1.FC(F)(F)c1cccc(Nc2nc(Nc3ccc4[nH]ncc4c3)c3sccc3n2)c1. The van der Waals surface area contributed by atoms with E-state index in [0.717, 1.165) is 116 Å². The van der Waals surface area contributed by atoms with Gasteiger partial charge in [0.25, 0.3) is 0 Å². The first-order chi connectivity index (χ1) is 42.5. The molecule has 0 aliphatic carbocycles. The number of hydrogen-bond acceptors (Lipinski definition) is 21. The summed E-state index contributed by atoms with van der Waals surface area (Å²) in [7, 11) is 1.59. The summed E-state index contributed by atoms with van der Waals surface area (Å²) in [6.45, 7) is 2.61. The van der Waals surface area contributed by atoms with E-state index in [4.69, 9.17) is 14.5 Å². The molecule has 0 radical (unpaired) electrons. The second-order valence-electron chi connectivity index (χ2n) is 19.0. The van der Waals surface area contributed by atoms with E-state index < -0.39 is 11.7 Å². The maximum atomic E-state index is 13.0. The van der Waals surface area contributed by atoms with Gasteiger partial charge in [-0.2, -0.15) is 43.4 Å². The van der Waals surface area contributed by atoms with Gasteiger partial charge in [0.15, 0.2) is 17.5 Å². The highest BCUT2D eigenvalue weighted by atomic mass is 32.1. The van der Waals surface area contributed by atoms with Gasteiger partial charge in [-0.25, -0.2) is 19.9 Å². The van der Waals surface area contributed by atoms with Crippen LogP contribution >= 0.6 is 34.0 Å². The first kappa shape index (κ1) is 55.2. The summed E-state index contributed by atoms with van der Waals surface area (Å²) in [6, 6.07) is 39.9. The van der Waals surface area contributed by atoms with Crippen LogP contribution in [-0.2, 0) is 6.18 Å². The minimum atomic E-state index is -4.42. The van der Waals surface area contributed by atoms with Gasteiger partial charge in [-0.1, -0.05) is 6.07 Å². The quantitative estimate of drug-likeness (QED) is 0.0462. The Morgan fingerprint density at radius 1 is 0.448 bits per heavy atom. The first-order valence-corrected chi connectivity index (χ1v) is 29.2. The summed E-state index contributed by atoms with van der Waals surface area (Å²) in [5, 5.41) is 49.3. The molecule has 0 fully saturated rings. The van der Waals surface area contributed by atoms with Crippen LogP contribution in [0.3, 0.4) is 0 Å². The van der Waals surface area contributed by atoms with Crippen LogP contribution in [0.2, 0.25) is 0 Å². The third kappa shape index (κ3) is 12.7. The minimum Gasteiger partial charge on any atom is -0.494 e. The van der Waals surface area contributed by atoms with E-state index in [1.807, 2.05) is 126 Å². The molecule has 21 nitrogen and oxygen atoms in total. The molecule has 0 atom stereocenters. The highest BCUT2D eigenvalue weighted by Crippen LogP contribution is 2.36. The molecule has 432 valence electrons. The number of thiophene rings is 3. The number of aromatic amines is 3. The number of aromatic nitrogens is 13. The molecular weight excluding hydrogens is 1170 g/mol. The van der Waals surface area contributed by atoms with Crippen molar-refractivity contribution in [1.82, 2.24) is 65.5 Å². The Balaban J connectivity index is 0.000000121. The molecule has 0 aliphatic heterocycles. The minimum absolute atomic E-state index is 0.201. The Labute approximate surface area is 502 Å². The van der Waals surface area contributed by atoms with Crippen LogP contribution in [0.15, 0.2) is 174 Å². The van der Waals surface area contributed by atoms with Crippen LogP contribution in [0.1, 0.15) is 12.5 Å². The maximum Gasteiger partial charge on any atom is 0.416 e. The molecule has 27 heteroatoms. The number of halogens is 3. The number of benzene rings is 5. The molecule has 5 aromatic carbocycles. The zero-order valence-electron chi connectivity index (χ0n) is 45.6. The van der Waals surface area contributed by atoms with Gasteiger partial charge in [0.1, 0.15) is 5.75 Å². The average Bonchev–Trinajstić information content (AvgIpc) is 2.65. The predicted octanol–water partition coefficient (Wildman–Crippen LogP) is 16.0. The van der Waals surface area contributed by atoms with Crippen molar-refractivity contribution >= 4 is 167 Å². The number of fused-ring (bicyclic) bond motifs is 6. The molecule has 10 heterocycles. The number of rotatable bonds is 15. The number of pyridine rings is 1. The summed E-state index contributed by atoms with van der Waals surface area (Å²) in [5.41, 5.74) is 9.23. The second kappa shape index (κ2) is 24.3. The summed E-state index contributed by atoms with van der Waals surface area (Å²) < 4.78 is 52.4. The Hall–Kier alpha value is -11.0. The molecular formula is C60H46F3N19O2S3. The molecule has 15 rings (SSSR count). The second-order valence-corrected chi connectivity index (χ2v) is 21.7. The Morgan fingerprint density at radius 3 is 1.30 bits per heavy atom. The van der Waals surface area contributed by atoms with Gasteiger partial charge in [0, 0.05) is 50.7 Å². The van der Waals surface area contributed by atoms with Crippen LogP contribution in [-0.4, -0.2) is 79.2 Å². The fraction of sp³-hybridized carbons (Fsp3) is 0.0667. The zero-order chi connectivity index (χ0) is 59.3. The van der Waals surface area contributed by atoms with Crippen molar-refractivity contribution in [3.63, 3.8) is 0 Å². The van der Waals surface area contributed by atoms with Crippen LogP contribution in [0, 0.1) is 0 Å². The molecule has 0 unspecified atom stereocenters. The number of methoxy groups -OCH3 is 1. The number of ether oxygens (including phenoxy) is 2. The number of nitrogens with zero attached hydrogens (tertiary/aromatic N) is 10. The summed E-state index contributed by atoms with van der Waals surface area (Å²) in [5.74, 6) is 4.69. The van der Waals surface area contributed by atoms with Gasteiger partial charge >= 0.3 is 6.18 Å². The van der Waals surface area contributed by atoms with E-state index in [9.17, 15) is 13.2 Å². The van der Waals surface area contributed by atoms with Gasteiger partial charge in [0.2, 0.25) is 23.7 Å². The van der Waals surface area contributed by atoms with Crippen molar-refractivity contribution in [1.29, 1.82) is 0 Å². The Bertz CT molecular complexity index is 4870. The Kier molecular flexibility index (Phi) is 15.4. The van der Waals surface area contributed by atoms with E-state index in [1.54, 1.807) is 60.6 Å². The molecule has 87 heavy (non-hydrogen) atoms. The molecule has 0 amide bonds. The molecule has 0 aliphatic rings. The predicted molar refractivity (Wildman–Crippen MR) is 340 cm³/mol. The van der Waals surface area contributed by atoms with E-state index >= 15 is 0 Å². The van der Waals surface area contributed by atoms with Gasteiger partial charge in [0.05, 0.1) is 97.0 Å². The first-order valence-electron chi connectivity index (χ1n) is 26.6. The lowest BCUT2D eigenvalue weighted by Gasteiger charge is -2.12. The van der Waals surface area contributed by atoms with Gasteiger partial charge < -0.3 is 41.4 Å². The van der Waals surface area contributed by atoms with E-state index in [0.29, 0.717) is 35.7 Å². The van der Waals surface area contributed by atoms with Crippen LogP contribution < -0.4 is 41.4 Å². The highest BCUT2D eigenvalue weighted by Gasteiger charge is 2.30. The van der Waals surface area contributed by atoms with Crippen molar-refractivity contribution < 1.29 is 22.6 Å². The molecule has 9 N–H and O–H groups in total. The normalized spacial score (nSPS) is 11.3. The fourth-order valence-corrected chi connectivity index (χ4v) is 11.3. The van der Waals surface area contributed by atoms with Gasteiger partial charge in [-0.05, 0) is 144 Å². The van der Waals surface area contributed by atoms with Crippen molar-refractivity contribution in [2.24, 2.45) is 0 Å². The third-order valence-corrected chi connectivity index (χ3v) is 15.8. The van der Waals surface area contributed by atoms with Crippen LogP contribution in [0.25, 0.3) is 63.4 Å². The Morgan fingerprint density at radius 2 is 0.874 bits per heavy atom. The van der Waals surface area contributed by atoms with Crippen LogP contribution in [0.5, 0.6) is 11.6 Å². The number of hydrogen-bond donors (Lipinski definition) is 9. The lowest BCUT2D eigenvalue weighted by atomic mass is 10.2. The average molecular weight is 1220 g/mol.